The number of aliphatic carboxylic acids is 1. The topological polar surface area (TPSA) is 206 Å². The number of fused-ring (bicyclic) bond motifs is 1. The number of nitrogens with two attached hydrogens (primary N) is 2. The van der Waals surface area contributed by atoms with Gasteiger partial charge in [-0.25, -0.2) is 13.1 Å². The Balaban J connectivity index is 1.81. The lowest BCUT2D eigenvalue weighted by atomic mass is 9.52. The van der Waals surface area contributed by atoms with Gasteiger partial charge in [-0.2, -0.15) is 0 Å². The summed E-state index contributed by atoms with van der Waals surface area (Å²) in [7, 11) is -4.20. The number of rotatable bonds is 10. The van der Waals surface area contributed by atoms with Gasteiger partial charge >= 0.3 is 5.97 Å². The number of sulfonamides is 1. The third-order valence-electron chi connectivity index (χ3n) is 7.61. The first-order valence-corrected chi connectivity index (χ1v) is 14.1. The van der Waals surface area contributed by atoms with Crippen molar-refractivity contribution in [3.8, 4) is 0 Å². The smallest absolute Gasteiger partial charge is 0.318 e. The quantitative estimate of drug-likeness (QED) is 0.117. The molecule has 0 aromatic heterocycles. The Hall–Kier alpha value is -3.97. The first-order chi connectivity index (χ1) is 18.9. The molecule has 8 N–H and O–H groups in total. The number of carbonyl (C=O) groups is 3. The molecule has 0 amide bonds. The average molecular weight is 566 g/mol. The molecule has 1 aliphatic heterocycles. The van der Waals surface area contributed by atoms with E-state index in [-0.39, 0.29) is 35.8 Å². The van der Waals surface area contributed by atoms with Crippen LogP contribution in [0.3, 0.4) is 0 Å². The molecule has 2 unspecified atom stereocenters. The van der Waals surface area contributed by atoms with E-state index in [1.807, 2.05) is 12.1 Å². The largest absolute Gasteiger partial charge is 0.480 e. The van der Waals surface area contributed by atoms with Gasteiger partial charge in [-0.1, -0.05) is 54.6 Å². The molecule has 0 bridgehead atoms. The number of nitrogen functional groups attached to an aromatic ring is 1. The summed E-state index contributed by atoms with van der Waals surface area (Å²) in [6.07, 6.45) is -0.250. The van der Waals surface area contributed by atoms with E-state index in [1.165, 1.54) is 43.3 Å². The summed E-state index contributed by atoms with van der Waals surface area (Å²) >= 11 is 0. The van der Waals surface area contributed by atoms with E-state index in [0.717, 1.165) is 5.39 Å². The Labute approximate surface area is 231 Å². The first-order valence-electron chi connectivity index (χ1n) is 12.6. The van der Waals surface area contributed by atoms with Crippen LogP contribution in [-0.4, -0.2) is 62.6 Å². The van der Waals surface area contributed by atoms with Crippen molar-refractivity contribution in [3.63, 3.8) is 0 Å². The van der Waals surface area contributed by atoms with Crippen LogP contribution in [0.5, 0.6) is 0 Å². The number of carboxylic acids is 1. The predicted octanol–water partition coefficient (Wildman–Crippen LogP) is 0.890. The third kappa shape index (κ3) is 4.79. The van der Waals surface area contributed by atoms with E-state index in [1.54, 1.807) is 18.2 Å². The van der Waals surface area contributed by atoms with Gasteiger partial charge in [0.25, 0.3) is 0 Å². The van der Waals surface area contributed by atoms with Crippen LogP contribution < -0.4 is 21.5 Å². The number of carbonyl (C=O) groups excluding carboxylic acids is 2. The van der Waals surface area contributed by atoms with Crippen molar-refractivity contribution in [2.75, 3.05) is 19.6 Å². The first kappa shape index (κ1) is 29.0. The summed E-state index contributed by atoms with van der Waals surface area (Å²) in [4.78, 5) is 40.7. The number of carboxylic acid groups (broad SMARTS) is 1. The normalized spacial score (nSPS) is 21.9. The van der Waals surface area contributed by atoms with Crippen LogP contribution in [0.2, 0.25) is 0 Å². The van der Waals surface area contributed by atoms with Crippen LogP contribution in [0, 0.1) is 10.8 Å². The second-order valence-electron chi connectivity index (χ2n) is 9.94. The molecule has 11 nitrogen and oxygen atoms in total. The molecule has 1 saturated heterocycles. The Morgan fingerprint density at radius 1 is 1.07 bits per heavy atom. The van der Waals surface area contributed by atoms with E-state index in [4.69, 9.17) is 16.9 Å². The Kier molecular flexibility index (Phi) is 7.90. The molecule has 3 aromatic carbocycles. The molecule has 1 heterocycles. The minimum atomic E-state index is -4.20. The SMILES string of the molecule is C[C@H](N)C(=O)C1(C(=O)O)CCNCC1(C(=O)CNS(=O)(=O)c1ccc2ccccc2c1)c1ccc(C(=N)N)cc1. The van der Waals surface area contributed by atoms with Gasteiger partial charge in [-0.3, -0.25) is 19.8 Å². The van der Waals surface area contributed by atoms with E-state index in [2.05, 4.69) is 10.0 Å². The van der Waals surface area contributed by atoms with Crippen molar-refractivity contribution in [3.05, 3.63) is 77.9 Å². The van der Waals surface area contributed by atoms with Crippen LogP contribution in [0.15, 0.2) is 71.6 Å². The lowest BCUT2D eigenvalue weighted by Crippen LogP contribution is -2.70. The number of nitrogens with one attached hydrogen (secondary N) is 3. The lowest BCUT2D eigenvalue weighted by Gasteiger charge is -2.50. The highest BCUT2D eigenvalue weighted by Gasteiger charge is 2.66. The second-order valence-corrected chi connectivity index (χ2v) is 11.7. The van der Waals surface area contributed by atoms with Crippen LogP contribution >= 0.6 is 0 Å². The minimum absolute atomic E-state index is 0.0724. The highest BCUT2D eigenvalue weighted by molar-refractivity contribution is 7.89. The number of piperidine rings is 1. The molecule has 0 radical (unpaired) electrons. The van der Waals surface area contributed by atoms with Gasteiger partial charge in [0.2, 0.25) is 10.0 Å². The summed E-state index contributed by atoms with van der Waals surface area (Å²) < 4.78 is 28.8. The van der Waals surface area contributed by atoms with Gasteiger partial charge in [0, 0.05) is 12.1 Å². The van der Waals surface area contributed by atoms with Gasteiger partial charge < -0.3 is 21.9 Å². The summed E-state index contributed by atoms with van der Waals surface area (Å²) in [5.41, 5.74) is 7.67. The van der Waals surface area contributed by atoms with Crippen molar-refractivity contribution in [1.82, 2.24) is 10.0 Å². The maximum absolute atomic E-state index is 14.2. The summed E-state index contributed by atoms with van der Waals surface area (Å²) in [6, 6.07) is 16.3. The van der Waals surface area contributed by atoms with Crippen molar-refractivity contribution in [2.45, 2.75) is 29.7 Å². The number of benzene rings is 3. The Bertz CT molecular complexity index is 1600. The number of Topliss-reactive ketones (excluding diaryl/α,β-unsaturated/α-hetero) is 2. The number of amidine groups is 1. The molecule has 12 heteroatoms. The second kappa shape index (κ2) is 10.9. The zero-order valence-electron chi connectivity index (χ0n) is 21.8. The van der Waals surface area contributed by atoms with Crippen molar-refractivity contribution >= 4 is 44.2 Å². The number of hydrogen-bond donors (Lipinski definition) is 6. The zero-order chi connectivity index (χ0) is 29.3. The van der Waals surface area contributed by atoms with Crippen LogP contribution in [0.4, 0.5) is 0 Å². The Morgan fingerprint density at radius 3 is 2.33 bits per heavy atom. The third-order valence-corrected chi connectivity index (χ3v) is 9.01. The molecular weight excluding hydrogens is 534 g/mol. The minimum Gasteiger partial charge on any atom is -0.480 e. The lowest BCUT2D eigenvalue weighted by molar-refractivity contribution is -0.167. The van der Waals surface area contributed by atoms with Gasteiger partial charge in [-0.15, -0.1) is 0 Å². The van der Waals surface area contributed by atoms with E-state index >= 15 is 0 Å². The van der Waals surface area contributed by atoms with Crippen LogP contribution in [0.25, 0.3) is 10.8 Å². The van der Waals surface area contributed by atoms with Crippen molar-refractivity contribution < 1.29 is 27.9 Å². The number of ketones is 2. The van der Waals surface area contributed by atoms with Crippen LogP contribution in [-0.2, 0) is 29.8 Å². The maximum atomic E-state index is 14.2. The fourth-order valence-electron chi connectivity index (χ4n) is 5.54. The van der Waals surface area contributed by atoms with Crippen LogP contribution in [0.1, 0.15) is 24.5 Å². The highest BCUT2D eigenvalue weighted by atomic mass is 32.2. The highest BCUT2D eigenvalue weighted by Crippen LogP contribution is 2.49. The molecule has 0 saturated carbocycles. The molecule has 210 valence electrons. The zero-order valence-corrected chi connectivity index (χ0v) is 22.6. The van der Waals surface area contributed by atoms with Crippen molar-refractivity contribution in [1.29, 1.82) is 5.41 Å². The molecule has 3 atom stereocenters. The fraction of sp³-hybridized carbons (Fsp3) is 0.286. The van der Waals surface area contributed by atoms with E-state index < -0.39 is 51.0 Å². The molecule has 1 fully saturated rings. The summed E-state index contributed by atoms with van der Waals surface area (Å²) in [5, 5.41) is 22.8. The monoisotopic (exact) mass is 565 g/mol. The maximum Gasteiger partial charge on any atom is 0.318 e. The van der Waals surface area contributed by atoms with Gasteiger partial charge in [-0.05, 0) is 48.4 Å². The Morgan fingerprint density at radius 2 is 1.73 bits per heavy atom. The summed E-state index contributed by atoms with van der Waals surface area (Å²) in [5.74, 6) is -3.44. The summed E-state index contributed by atoms with van der Waals surface area (Å²) in [6.45, 7) is 0.431. The van der Waals surface area contributed by atoms with Gasteiger partial charge in [0.15, 0.2) is 11.6 Å². The average Bonchev–Trinajstić information content (AvgIpc) is 2.94. The predicted molar refractivity (Wildman–Crippen MR) is 149 cm³/mol. The standard InChI is InChI=1S/C28H31N5O6S/c1-17(29)24(35)27(26(36)37)12-13-32-16-28(27,21-9-6-19(7-10-21)25(30)31)23(34)15-33-40(38,39)22-11-8-18-4-2-3-5-20(18)14-22/h2-11,14,17,32-33H,12-13,15-16,29H2,1H3,(H3,30,31)(H,36,37)/t17-,27?,28?/m0/s1. The van der Waals surface area contributed by atoms with Crippen molar-refractivity contribution in [2.24, 2.45) is 16.9 Å². The molecular formula is C28H31N5O6S. The molecule has 40 heavy (non-hydrogen) atoms. The molecule has 4 rings (SSSR count). The van der Waals surface area contributed by atoms with E-state index in [0.29, 0.717) is 10.9 Å². The fourth-order valence-corrected chi connectivity index (χ4v) is 6.56. The molecule has 0 spiro atoms. The molecule has 3 aromatic rings. The van der Waals surface area contributed by atoms with Gasteiger partial charge in [0.1, 0.15) is 11.3 Å². The van der Waals surface area contributed by atoms with E-state index in [9.17, 15) is 27.9 Å². The molecule has 0 aliphatic carbocycles. The molecule has 1 aliphatic rings. The van der Waals surface area contributed by atoms with Gasteiger partial charge in [0.05, 0.1) is 22.9 Å². The number of hydrogen-bond acceptors (Lipinski definition) is 8.